The van der Waals surface area contributed by atoms with Gasteiger partial charge in [0.1, 0.15) is 50.0 Å². The van der Waals surface area contributed by atoms with Gasteiger partial charge in [-0.05, 0) is 243 Å². The van der Waals surface area contributed by atoms with Crippen molar-refractivity contribution in [2.45, 2.75) is 274 Å². The summed E-state index contributed by atoms with van der Waals surface area (Å²) in [6, 6.07) is 28.8. The van der Waals surface area contributed by atoms with E-state index >= 15 is 0 Å². The molecule has 32 nitrogen and oxygen atoms in total. The summed E-state index contributed by atoms with van der Waals surface area (Å²) in [5.74, 6) is -2.63. The fraction of sp³-hybridized carbons (Fsp3) is 0.535. The first-order valence-corrected chi connectivity index (χ1v) is 47.5. The number of aromatic nitrogens is 8. The number of halogens is 1. The second kappa shape index (κ2) is 48.9. The zero-order chi connectivity index (χ0) is 94.6. The number of carbonyl (C=O) groups is 8. The van der Waals surface area contributed by atoms with Crippen LogP contribution in [0.3, 0.4) is 0 Å². The molecule has 0 bridgehead atoms. The standard InChI is InChI=1S/C26H32N2O5.C25H33FN4O5.2C25H31N3O5/c1-28(21-6-2-3-7-21)26(31)32-17-20-16-27-14-13-24(20)18-9-11-22(12-10-18)33-23-8-4-5-19(15-23)25(29)30;1-29(14-16-6-3-4-7-16)25(33)34-15-21-19(13-27-30(21)2)20-10-11-22(23(26)28-20)35-18-9-5-8-17(12-18)24(31)32;1-28(20-6-2-3-7-20)25(31)32-16-19-14-26-27-15-23(19)17-9-11-21(12-10-17)33-22-8-4-5-18(13-22)24(29)30;1-28(20-6-2-3-7-20)25(31)32-15-19-14-26-16-27-23(19)17-9-11-21(12-10-17)33-22-8-4-5-18(13-22)24(29)30/h9-14,16,19,21,23H,2-8,15,17H2,1H3,(H,29,30);10-11,13,16-18H,3-9,12,14-15H2,1-2H3,(H,31,32);9-12,14-15,18,20,22H,2-8,13,16H2,1H3,(H,29,30);9-12,14,16,18,20,22H,2-8,13,15H2,1H3,(H,29,30)/t19-,23-;17-,18-;2*18-,22-/m0000/s1. The van der Waals surface area contributed by atoms with Crippen molar-refractivity contribution >= 4 is 48.3 Å². The molecule has 8 aliphatic carbocycles. The van der Waals surface area contributed by atoms with E-state index in [9.17, 15) is 63.2 Å². The molecule has 4 N–H and O–H groups in total. The highest BCUT2D eigenvalue weighted by atomic mass is 19.1. The zero-order valence-electron chi connectivity index (χ0n) is 77.4. The van der Waals surface area contributed by atoms with Gasteiger partial charge in [0, 0.05) is 112 Å². The van der Waals surface area contributed by atoms with Crippen LogP contribution in [0.4, 0.5) is 23.6 Å². The summed E-state index contributed by atoms with van der Waals surface area (Å²) in [5, 5.41) is 49.3. The highest BCUT2D eigenvalue weighted by Gasteiger charge is 2.35. The second-order valence-electron chi connectivity index (χ2n) is 36.7. The molecule has 4 amide bonds. The smallest absolute Gasteiger partial charge is 0.410 e. The van der Waals surface area contributed by atoms with Gasteiger partial charge >= 0.3 is 48.3 Å². The number of benzene rings is 3. The van der Waals surface area contributed by atoms with E-state index in [4.69, 9.17) is 37.9 Å². The number of rotatable bonds is 29. The molecule has 8 aromatic rings. The molecule has 0 spiro atoms. The van der Waals surface area contributed by atoms with Gasteiger partial charge in [-0.2, -0.15) is 19.7 Å². The average molecular weight is 1850 g/mol. The molecule has 0 unspecified atom stereocenters. The Labute approximate surface area is 781 Å². The maximum atomic E-state index is 14.8. The van der Waals surface area contributed by atoms with E-state index in [1.807, 2.05) is 85.9 Å². The summed E-state index contributed by atoms with van der Waals surface area (Å²) in [6.07, 6.45) is 38.7. The highest BCUT2D eigenvalue weighted by molar-refractivity contribution is 5.75. The van der Waals surface area contributed by atoms with Gasteiger partial charge in [0.25, 0.3) is 5.95 Å². The van der Waals surface area contributed by atoms with Crippen LogP contribution >= 0.6 is 0 Å². The molecular weight excluding hydrogens is 1720 g/mol. The molecule has 0 aliphatic heterocycles. The number of aryl methyl sites for hydroxylation is 1. The summed E-state index contributed by atoms with van der Waals surface area (Å²) in [5.41, 5.74) is 9.14. The molecule has 16 rings (SSSR count). The highest BCUT2D eigenvalue weighted by Crippen LogP contribution is 2.39. The number of amides is 4. The molecule has 0 radical (unpaired) electrons. The molecule has 3 aromatic carbocycles. The van der Waals surface area contributed by atoms with Gasteiger partial charge in [0.15, 0.2) is 5.75 Å². The third kappa shape index (κ3) is 28.0. The van der Waals surface area contributed by atoms with Crippen LogP contribution in [-0.4, -0.2) is 205 Å². The van der Waals surface area contributed by atoms with E-state index in [2.05, 4.69) is 35.2 Å². The summed E-state index contributed by atoms with van der Waals surface area (Å²) >= 11 is 0. The lowest BCUT2D eigenvalue weighted by molar-refractivity contribution is -0.144. The van der Waals surface area contributed by atoms with E-state index in [-0.39, 0.29) is 111 Å². The Kier molecular flexibility index (Phi) is 36.1. The lowest BCUT2D eigenvalue weighted by atomic mass is 9.87. The van der Waals surface area contributed by atoms with Crippen LogP contribution in [0.25, 0.3) is 44.8 Å². The minimum atomic E-state index is -0.846. The summed E-state index contributed by atoms with van der Waals surface area (Å²) in [7, 11) is 8.88. The first-order valence-electron chi connectivity index (χ1n) is 47.5. The molecule has 718 valence electrons. The van der Waals surface area contributed by atoms with Crippen LogP contribution in [0, 0.1) is 35.5 Å². The number of hydrogen-bond donors (Lipinski definition) is 4. The first kappa shape index (κ1) is 98.9. The van der Waals surface area contributed by atoms with E-state index in [1.54, 1.807) is 95.7 Å². The van der Waals surface area contributed by atoms with Gasteiger partial charge in [-0.15, -0.1) is 0 Å². The Morgan fingerprint density at radius 2 is 0.791 bits per heavy atom. The number of nitrogens with zero attached hydrogens (tertiary/aromatic N) is 12. The lowest BCUT2D eigenvalue weighted by Crippen LogP contribution is -2.35. The molecule has 8 saturated carbocycles. The molecule has 33 heteroatoms. The molecule has 8 fully saturated rings. The van der Waals surface area contributed by atoms with Gasteiger partial charge in [0.05, 0.1) is 83.8 Å². The Morgan fingerprint density at radius 1 is 0.396 bits per heavy atom. The van der Waals surface area contributed by atoms with Gasteiger partial charge < -0.3 is 77.9 Å². The van der Waals surface area contributed by atoms with Crippen LogP contribution in [0.5, 0.6) is 23.0 Å². The Morgan fingerprint density at radius 3 is 1.24 bits per heavy atom. The Balaban J connectivity index is 0.000000152. The third-order valence-corrected chi connectivity index (χ3v) is 27.4. The number of carboxylic acid groups (broad SMARTS) is 4. The van der Waals surface area contributed by atoms with Crippen molar-refractivity contribution in [2.75, 3.05) is 34.7 Å². The van der Waals surface area contributed by atoms with Crippen molar-refractivity contribution in [1.82, 2.24) is 59.5 Å². The van der Waals surface area contributed by atoms with Gasteiger partial charge in [0.2, 0.25) is 0 Å². The van der Waals surface area contributed by atoms with Crippen LogP contribution in [0.1, 0.15) is 228 Å². The van der Waals surface area contributed by atoms with Crippen molar-refractivity contribution in [3.63, 3.8) is 0 Å². The third-order valence-electron chi connectivity index (χ3n) is 27.4. The predicted octanol–water partition coefficient (Wildman–Crippen LogP) is 19.0. The minimum Gasteiger partial charge on any atom is -0.490 e. The molecule has 0 saturated heterocycles. The molecule has 8 atom stereocenters. The second-order valence-corrected chi connectivity index (χ2v) is 36.7. The fourth-order valence-corrected chi connectivity index (χ4v) is 19.5. The van der Waals surface area contributed by atoms with Crippen molar-refractivity contribution < 1.29 is 101 Å². The quantitative estimate of drug-likeness (QED) is 0.0250. The van der Waals surface area contributed by atoms with Crippen molar-refractivity contribution in [3.8, 4) is 67.8 Å². The fourth-order valence-electron chi connectivity index (χ4n) is 19.5. The summed E-state index contributed by atoms with van der Waals surface area (Å²) in [6.45, 7) is 1.05. The van der Waals surface area contributed by atoms with E-state index < -0.39 is 41.8 Å². The summed E-state index contributed by atoms with van der Waals surface area (Å²) in [4.78, 5) is 119. The lowest BCUT2D eigenvalue weighted by Gasteiger charge is -2.27. The minimum absolute atomic E-state index is 0.00445. The number of hydrogen-bond acceptors (Lipinski definition) is 23. The number of carbonyl (C=O) groups excluding carboxylic acids is 4. The zero-order valence-corrected chi connectivity index (χ0v) is 77.4. The van der Waals surface area contributed by atoms with Crippen LogP contribution < -0.4 is 18.9 Å². The first-order chi connectivity index (χ1) is 64.8. The number of ether oxygens (including phenoxy) is 8. The largest absolute Gasteiger partial charge is 0.490 e. The van der Waals surface area contributed by atoms with E-state index in [0.717, 1.165) is 192 Å². The van der Waals surface area contributed by atoms with Crippen molar-refractivity contribution in [2.24, 2.45) is 36.6 Å². The van der Waals surface area contributed by atoms with Crippen LogP contribution in [0.2, 0.25) is 0 Å². The SMILES string of the molecule is CN(C(=O)OCc1cnccc1-c1ccc(O[C@H]2CCC[C@H](C(=O)O)C2)cc1)C1CCCC1.CN(C(=O)OCc1cncnc1-c1ccc(O[C@H]2CCC[C@H](C(=O)O)C2)cc1)C1CCCC1.CN(C(=O)OCc1cnncc1-c1ccc(O[C@H]2CCC[C@H](C(=O)O)C2)cc1)C1CCCC1.CN(CC1CCCC1)C(=O)OCc1c(-c2ccc(O[C@H]3CCC[C@H](C(=O)O)C3)c(F)n2)cnn1C. The van der Waals surface area contributed by atoms with Gasteiger partial charge in [-0.1, -0.05) is 75.6 Å². The Hall–Kier alpha value is -12.6. The number of carboxylic acids is 4. The van der Waals surface area contributed by atoms with Crippen LogP contribution in [0.15, 0.2) is 135 Å². The Bertz CT molecular complexity index is 4830. The summed E-state index contributed by atoms with van der Waals surface area (Å²) < 4.78 is 62.5. The molecule has 5 aromatic heterocycles. The molecule has 134 heavy (non-hydrogen) atoms. The normalized spacial score (nSPS) is 20.8. The monoisotopic (exact) mass is 1850 g/mol. The maximum Gasteiger partial charge on any atom is 0.410 e. The number of aliphatic carboxylic acids is 4. The van der Waals surface area contributed by atoms with Gasteiger partial charge in [-0.25, -0.2) is 34.1 Å². The predicted molar refractivity (Wildman–Crippen MR) is 492 cm³/mol. The molecule has 8 aliphatic rings. The van der Waals surface area contributed by atoms with E-state index in [1.165, 1.54) is 25.2 Å². The average Bonchev–Trinajstić information content (AvgIpc) is 1.61. The maximum absolute atomic E-state index is 14.8. The van der Waals surface area contributed by atoms with Crippen molar-refractivity contribution in [1.29, 1.82) is 0 Å². The van der Waals surface area contributed by atoms with Crippen LogP contribution in [-0.2, 0) is 71.6 Å². The molecule has 5 heterocycles. The van der Waals surface area contributed by atoms with Gasteiger partial charge in [-0.3, -0.25) is 28.8 Å². The molecular formula is C101H127FN12O20. The van der Waals surface area contributed by atoms with Crippen molar-refractivity contribution in [3.05, 3.63) is 163 Å². The number of pyridine rings is 2. The van der Waals surface area contributed by atoms with E-state index in [0.29, 0.717) is 98.0 Å². The topological polar surface area (TPSA) is 399 Å².